The number of hydrogen-bond acceptors (Lipinski definition) is 4. The second-order valence-corrected chi connectivity index (χ2v) is 4.93. The minimum Gasteiger partial charge on any atom is -0.438 e. The number of benzene rings is 2. The van der Waals surface area contributed by atoms with Crippen molar-refractivity contribution in [2.45, 2.75) is 0 Å². The Morgan fingerprint density at radius 1 is 1.00 bits per heavy atom. The Balaban J connectivity index is 1.79. The zero-order valence-corrected chi connectivity index (χ0v) is 12.4. The summed E-state index contributed by atoms with van der Waals surface area (Å²) in [6.45, 7) is 0. The molecule has 3 aromatic rings. The molecule has 0 aliphatic heterocycles. The molecule has 3 rings (SSSR count). The molecule has 0 fully saturated rings. The molecule has 4 nitrogen and oxygen atoms in total. The maximum Gasteiger partial charge on any atom is 0.237 e. The van der Waals surface area contributed by atoms with Crippen molar-refractivity contribution in [3.05, 3.63) is 89.4 Å². The number of ether oxygens (including phenoxy) is 1. The van der Waals surface area contributed by atoms with Gasteiger partial charge in [-0.3, -0.25) is 4.79 Å². The predicted octanol–water partition coefficient (Wildman–Crippen LogP) is 4.12. The number of aromatic nitrogens is 1. The Hall–Kier alpha value is -3.52. The van der Waals surface area contributed by atoms with Gasteiger partial charge in [-0.25, -0.2) is 9.37 Å². The maximum absolute atomic E-state index is 12.9. The Morgan fingerprint density at radius 2 is 1.62 bits per heavy atom. The van der Waals surface area contributed by atoms with E-state index in [0.717, 1.165) is 0 Å². The van der Waals surface area contributed by atoms with Gasteiger partial charge in [-0.2, -0.15) is 5.26 Å². The zero-order chi connectivity index (χ0) is 16.9. The summed E-state index contributed by atoms with van der Waals surface area (Å²) >= 11 is 0. The average molecular weight is 318 g/mol. The predicted molar refractivity (Wildman–Crippen MR) is 85.3 cm³/mol. The Bertz CT molecular complexity index is 913. The van der Waals surface area contributed by atoms with E-state index in [1.54, 1.807) is 36.4 Å². The third-order valence-electron chi connectivity index (χ3n) is 3.33. The summed E-state index contributed by atoms with van der Waals surface area (Å²) in [5.41, 5.74) is 1.18. The number of rotatable bonds is 4. The molecular weight excluding hydrogens is 307 g/mol. The number of nitrogens with zero attached hydrogens (tertiary/aromatic N) is 2. The van der Waals surface area contributed by atoms with E-state index in [1.165, 1.54) is 30.5 Å². The highest BCUT2D eigenvalue weighted by molar-refractivity contribution is 6.08. The van der Waals surface area contributed by atoms with Gasteiger partial charge < -0.3 is 4.74 Å². The van der Waals surface area contributed by atoms with Crippen LogP contribution in [-0.2, 0) is 0 Å². The van der Waals surface area contributed by atoms with Crippen LogP contribution in [0.4, 0.5) is 4.39 Å². The summed E-state index contributed by atoms with van der Waals surface area (Å²) in [7, 11) is 0. The summed E-state index contributed by atoms with van der Waals surface area (Å²) in [5.74, 6) is 0.0644. The van der Waals surface area contributed by atoms with Crippen molar-refractivity contribution in [2.75, 3.05) is 0 Å². The molecule has 0 spiro atoms. The normalized spacial score (nSPS) is 10.0. The molecule has 1 heterocycles. The molecule has 2 aromatic carbocycles. The van der Waals surface area contributed by atoms with E-state index >= 15 is 0 Å². The zero-order valence-electron chi connectivity index (χ0n) is 12.4. The van der Waals surface area contributed by atoms with E-state index in [-0.39, 0.29) is 17.5 Å². The maximum atomic E-state index is 12.9. The van der Waals surface area contributed by atoms with Crippen molar-refractivity contribution in [1.82, 2.24) is 4.98 Å². The number of carbonyl (C=O) groups excluding carboxylic acids is 1. The van der Waals surface area contributed by atoms with Crippen molar-refractivity contribution in [3.63, 3.8) is 0 Å². The Labute approximate surface area is 137 Å². The first-order valence-corrected chi connectivity index (χ1v) is 7.10. The van der Waals surface area contributed by atoms with Gasteiger partial charge in [0.1, 0.15) is 23.2 Å². The first-order chi connectivity index (χ1) is 11.7. The largest absolute Gasteiger partial charge is 0.438 e. The number of ketones is 1. The first kappa shape index (κ1) is 15.4. The van der Waals surface area contributed by atoms with Crippen LogP contribution in [0.1, 0.15) is 21.5 Å². The van der Waals surface area contributed by atoms with E-state index in [9.17, 15) is 9.18 Å². The molecule has 0 atom stereocenters. The summed E-state index contributed by atoms with van der Waals surface area (Å²) in [5, 5.41) is 9.02. The molecule has 5 heteroatoms. The van der Waals surface area contributed by atoms with Gasteiger partial charge in [0.05, 0.1) is 0 Å². The van der Waals surface area contributed by atoms with Crippen LogP contribution < -0.4 is 4.74 Å². The third kappa shape index (κ3) is 3.28. The standard InChI is InChI=1S/C19H11FN2O2/c20-16-7-3-13(4-8-16)18(23)14-5-9-17(10-6-14)24-19-15(12-21)2-1-11-22-19/h1-11H. The van der Waals surface area contributed by atoms with Crippen LogP contribution in [0.3, 0.4) is 0 Å². The van der Waals surface area contributed by atoms with Gasteiger partial charge >= 0.3 is 0 Å². The number of pyridine rings is 1. The van der Waals surface area contributed by atoms with Gasteiger partial charge in [0.25, 0.3) is 0 Å². The highest BCUT2D eigenvalue weighted by atomic mass is 19.1. The van der Waals surface area contributed by atoms with Crippen LogP contribution in [0.15, 0.2) is 66.9 Å². The molecule has 0 aliphatic carbocycles. The van der Waals surface area contributed by atoms with E-state index in [1.807, 2.05) is 6.07 Å². The number of carbonyl (C=O) groups is 1. The molecule has 0 aliphatic rings. The molecule has 0 N–H and O–H groups in total. The second kappa shape index (κ2) is 6.71. The lowest BCUT2D eigenvalue weighted by Crippen LogP contribution is -2.01. The minimum atomic E-state index is -0.390. The van der Waals surface area contributed by atoms with E-state index in [0.29, 0.717) is 22.4 Å². The van der Waals surface area contributed by atoms with Gasteiger partial charge in [-0.1, -0.05) is 0 Å². The molecule has 0 unspecified atom stereocenters. The monoisotopic (exact) mass is 318 g/mol. The minimum absolute atomic E-state index is 0.206. The fraction of sp³-hybridized carbons (Fsp3) is 0. The second-order valence-electron chi connectivity index (χ2n) is 4.93. The van der Waals surface area contributed by atoms with E-state index in [2.05, 4.69) is 4.98 Å². The Morgan fingerprint density at radius 3 is 2.25 bits per heavy atom. The van der Waals surface area contributed by atoms with Crippen LogP contribution in [0.2, 0.25) is 0 Å². The van der Waals surface area contributed by atoms with Crippen LogP contribution in [-0.4, -0.2) is 10.8 Å². The van der Waals surface area contributed by atoms with Gasteiger partial charge in [-0.15, -0.1) is 0 Å². The van der Waals surface area contributed by atoms with Crippen molar-refractivity contribution in [2.24, 2.45) is 0 Å². The van der Waals surface area contributed by atoms with E-state index < -0.39 is 0 Å². The molecule has 0 bridgehead atoms. The SMILES string of the molecule is N#Cc1cccnc1Oc1ccc(C(=O)c2ccc(F)cc2)cc1. The van der Waals surface area contributed by atoms with Crippen LogP contribution in [0.25, 0.3) is 0 Å². The van der Waals surface area contributed by atoms with Crippen molar-refractivity contribution in [1.29, 1.82) is 5.26 Å². The molecule has 24 heavy (non-hydrogen) atoms. The molecule has 0 saturated heterocycles. The molecule has 0 radical (unpaired) electrons. The number of nitriles is 1. The summed E-state index contributed by atoms with van der Waals surface area (Å²) in [4.78, 5) is 16.3. The quantitative estimate of drug-likeness (QED) is 0.679. The summed E-state index contributed by atoms with van der Waals surface area (Å²) in [6.07, 6.45) is 1.53. The molecule has 1 aromatic heterocycles. The smallest absolute Gasteiger partial charge is 0.237 e. The molecule has 0 saturated carbocycles. The first-order valence-electron chi connectivity index (χ1n) is 7.10. The molecular formula is C19H11FN2O2. The molecule has 116 valence electrons. The van der Waals surface area contributed by atoms with Crippen molar-refractivity contribution in [3.8, 4) is 17.7 Å². The van der Waals surface area contributed by atoms with Crippen molar-refractivity contribution < 1.29 is 13.9 Å². The number of hydrogen-bond donors (Lipinski definition) is 0. The van der Waals surface area contributed by atoms with Crippen LogP contribution in [0.5, 0.6) is 11.6 Å². The lowest BCUT2D eigenvalue weighted by molar-refractivity contribution is 0.103. The fourth-order valence-corrected chi connectivity index (χ4v) is 2.11. The summed E-state index contributed by atoms with van der Waals surface area (Å²) < 4.78 is 18.5. The van der Waals surface area contributed by atoms with Gasteiger partial charge in [0.2, 0.25) is 5.88 Å². The Kier molecular flexibility index (Phi) is 4.30. The average Bonchev–Trinajstić information content (AvgIpc) is 2.63. The lowest BCUT2D eigenvalue weighted by Gasteiger charge is -2.07. The van der Waals surface area contributed by atoms with Gasteiger partial charge in [0, 0.05) is 17.3 Å². The highest BCUT2D eigenvalue weighted by Gasteiger charge is 2.10. The van der Waals surface area contributed by atoms with Gasteiger partial charge in [0.15, 0.2) is 5.78 Å². The van der Waals surface area contributed by atoms with Crippen molar-refractivity contribution >= 4 is 5.78 Å². The lowest BCUT2D eigenvalue weighted by atomic mass is 10.0. The van der Waals surface area contributed by atoms with Gasteiger partial charge in [-0.05, 0) is 60.7 Å². The number of halogens is 1. The van der Waals surface area contributed by atoms with Crippen LogP contribution >= 0.6 is 0 Å². The highest BCUT2D eigenvalue weighted by Crippen LogP contribution is 2.23. The third-order valence-corrected chi connectivity index (χ3v) is 3.33. The van der Waals surface area contributed by atoms with E-state index in [4.69, 9.17) is 10.00 Å². The summed E-state index contributed by atoms with van der Waals surface area (Å²) in [6, 6.07) is 17.1. The van der Waals surface area contributed by atoms with Crippen LogP contribution in [0, 0.1) is 17.1 Å². The fourth-order valence-electron chi connectivity index (χ4n) is 2.11. The molecule has 0 amide bonds. The topological polar surface area (TPSA) is 63.0 Å².